The summed E-state index contributed by atoms with van der Waals surface area (Å²) in [6.07, 6.45) is 0. The molecule has 0 amide bonds. The summed E-state index contributed by atoms with van der Waals surface area (Å²) in [5.74, 6) is 1.79. The molecule has 9 aromatic carbocycles. The smallest absolute Gasteiger partial charge is 0.164 e. The first-order valence-electron chi connectivity index (χ1n) is 20.2. The summed E-state index contributed by atoms with van der Waals surface area (Å²) in [6, 6.07) is 72.1. The second-order valence-electron chi connectivity index (χ2n) is 15.1. The standard InChI is InChI=1S/C55H34N4O/c1-4-16-35(17-5-1)39-30-32-47-45(34-39)42-25-12-13-28-46(42)59(47)48-33-31-43(41-26-14-23-36-18-10-11-24-40(36)41)52-51(48)50-44(27-15-29-49(50)60-52)55-57-53(37-19-6-2-7-20-37)56-54(58-55)38-21-8-3-9-22-38/h1-34H. The summed E-state index contributed by atoms with van der Waals surface area (Å²) >= 11 is 0. The predicted octanol–water partition coefficient (Wildman–Crippen LogP) is 14.4. The van der Waals surface area contributed by atoms with Crippen molar-refractivity contribution in [2.75, 3.05) is 0 Å². The fraction of sp³-hybridized carbons (Fsp3) is 0. The van der Waals surface area contributed by atoms with E-state index in [-0.39, 0.29) is 0 Å². The Kier molecular flexibility index (Phi) is 7.78. The predicted molar refractivity (Wildman–Crippen MR) is 246 cm³/mol. The van der Waals surface area contributed by atoms with Crippen molar-refractivity contribution in [3.05, 3.63) is 206 Å². The number of nitrogens with zero attached hydrogens (tertiary/aromatic N) is 4. The summed E-state index contributed by atoms with van der Waals surface area (Å²) in [4.78, 5) is 15.5. The molecule has 12 rings (SSSR count). The highest BCUT2D eigenvalue weighted by Gasteiger charge is 2.25. The Morgan fingerprint density at radius 3 is 1.68 bits per heavy atom. The van der Waals surface area contributed by atoms with Gasteiger partial charge in [0.05, 0.1) is 22.1 Å². The quantitative estimate of drug-likeness (QED) is 0.169. The molecule has 3 aromatic heterocycles. The zero-order valence-corrected chi connectivity index (χ0v) is 32.3. The summed E-state index contributed by atoms with van der Waals surface area (Å²) in [6.45, 7) is 0. The molecule has 0 aliphatic heterocycles. The molecule has 12 aromatic rings. The highest BCUT2D eigenvalue weighted by atomic mass is 16.3. The molecule has 0 aliphatic rings. The second kappa shape index (κ2) is 13.8. The second-order valence-corrected chi connectivity index (χ2v) is 15.1. The van der Waals surface area contributed by atoms with Crippen LogP contribution in [0, 0.1) is 0 Å². The number of furan rings is 1. The van der Waals surface area contributed by atoms with Gasteiger partial charge in [-0.25, -0.2) is 15.0 Å². The van der Waals surface area contributed by atoms with Crippen LogP contribution in [-0.4, -0.2) is 19.5 Å². The lowest BCUT2D eigenvalue weighted by Gasteiger charge is -2.14. The van der Waals surface area contributed by atoms with Crippen molar-refractivity contribution in [3.63, 3.8) is 0 Å². The normalized spacial score (nSPS) is 11.7. The molecular formula is C55H34N4O. The summed E-state index contributed by atoms with van der Waals surface area (Å²) in [5, 5.41) is 6.64. The van der Waals surface area contributed by atoms with Crippen LogP contribution in [0.15, 0.2) is 211 Å². The van der Waals surface area contributed by atoms with Gasteiger partial charge in [0.2, 0.25) is 0 Å². The summed E-state index contributed by atoms with van der Waals surface area (Å²) in [7, 11) is 0. The van der Waals surface area contributed by atoms with Crippen LogP contribution in [0.3, 0.4) is 0 Å². The number of rotatable bonds is 6. The Bertz CT molecular complexity index is 3530. The molecule has 0 saturated heterocycles. The first-order chi connectivity index (χ1) is 29.8. The zero-order valence-electron chi connectivity index (χ0n) is 32.3. The summed E-state index contributed by atoms with van der Waals surface area (Å²) < 4.78 is 9.54. The maximum atomic E-state index is 7.13. The third-order valence-electron chi connectivity index (χ3n) is 11.7. The van der Waals surface area contributed by atoms with E-state index >= 15 is 0 Å². The van der Waals surface area contributed by atoms with Crippen molar-refractivity contribution >= 4 is 54.5 Å². The molecule has 0 radical (unpaired) electrons. The van der Waals surface area contributed by atoms with Gasteiger partial charge < -0.3 is 8.98 Å². The van der Waals surface area contributed by atoms with E-state index in [1.165, 1.54) is 27.3 Å². The van der Waals surface area contributed by atoms with Gasteiger partial charge in [0.15, 0.2) is 17.5 Å². The lowest BCUT2D eigenvalue weighted by atomic mass is 9.95. The van der Waals surface area contributed by atoms with Crippen LogP contribution >= 0.6 is 0 Å². The van der Waals surface area contributed by atoms with Gasteiger partial charge in [-0.3, -0.25) is 0 Å². The minimum Gasteiger partial charge on any atom is -0.455 e. The van der Waals surface area contributed by atoms with Crippen LogP contribution in [0.5, 0.6) is 0 Å². The molecule has 3 heterocycles. The van der Waals surface area contributed by atoms with Crippen LogP contribution in [0.25, 0.3) is 117 Å². The van der Waals surface area contributed by atoms with E-state index in [1.807, 2.05) is 66.7 Å². The van der Waals surface area contributed by atoms with Gasteiger partial charge in [-0.1, -0.05) is 170 Å². The van der Waals surface area contributed by atoms with Crippen molar-refractivity contribution in [3.8, 4) is 62.1 Å². The third kappa shape index (κ3) is 5.44. The molecule has 0 spiro atoms. The molecular weight excluding hydrogens is 733 g/mol. The molecule has 0 N–H and O–H groups in total. The molecule has 0 fully saturated rings. The van der Waals surface area contributed by atoms with Gasteiger partial charge in [0, 0.05) is 38.4 Å². The zero-order chi connectivity index (χ0) is 39.6. The monoisotopic (exact) mass is 766 g/mol. The fourth-order valence-electron chi connectivity index (χ4n) is 8.92. The highest BCUT2D eigenvalue weighted by molar-refractivity contribution is 6.21. The molecule has 0 atom stereocenters. The Balaban J connectivity index is 1.20. The Labute approximate surface area is 345 Å². The Morgan fingerprint density at radius 1 is 0.350 bits per heavy atom. The van der Waals surface area contributed by atoms with E-state index < -0.39 is 0 Å². The number of fused-ring (bicyclic) bond motifs is 7. The van der Waals surface area contributed by atoms with Gasteiger partial charge in [-0.15, -0.1) is 0 Å². The molecule has 280 valence electrons. The average molecular weight is 767 g/mol. The molecule has 5 nitrogen and oxygen atoms in total. The van der Waals surface area contributed by atoms with Crippen LogP contribution in [0.4, 0.5) is 0 Å². The van der Waals surface area contributed by atoms with Crippen molar-refractivity contribution in [1.29, 1.82) is 0 Å². The Morgan fingerprint density at radius 2 is 0.933 bits per heavy atom. The maximum Gasteiger partial charge on any atom is 0.164 e. The number of para-hydroxylation sites is 1. The van der Waals surface area contributed by atoms with Gasteiger partial charge in [-0.05, 0) is 63.9 Å². The minimum absolute atomic E-state index is 0.576. The van der Waals surface area contributed by atoms with E-state index in [0.29, 0.717) is 17.5 Å². The van der Waals surface area contributed by atoms with E-state index in [1.54, 1.807) is 0 Å². The van der Waals surface area contributed by atoms with Gasteiger partial charge in [0.25, 0.3) is 0 Å². The first-order valence-corrected chi connectivity index (χ1v) is 20.2. The van der Waals surface area contributed by atoms with Gasteiger partial charge in [0.1, 0.15) is 11.2 Å². The largest absolute Gasteiger partial charge is 0.455 e. The van der Waals surface area contributed by atoms with E-state index in [4.69, 9.17) is 19.4 Å². The maximum absolute atomic E-state index is 7.13. The number of benzene rings is 9. The van der Waals surface area contributed by atoms with Gasteiger partial charge in [-0.2, -0.15) is 0 Å². The minimum atomic E-state index is 0.576. The van der Waals surface area contributed by atoms with Crippen LogP contribution in [0.1, 0.15) is 0 Å². The first kappa shape index (κ1) is 33.9. The molecule has 0 saturated carbocycles. The number of aromatic nitrogens is 4. The average Bonchev–Trinajstić information content (AvgIpc) is 3.88. The SMILES string of the molecule is c1ccc(-c2ccc3c(c2)c2ccccc2n3-c2ccc(-c3cccc4ccccc34)c3oc4cccc(-c5nc(-c6ccccc6)nc(-c6ccccc6)n5)c4c23)cc1. The number of hydrogen-bond donors (Lipinski definition) is 0. The molecule has 60 heavy (non-hydrogen) atoms. The fourth-order valence-corrected chi connectivity index (χ4v) is 8.92. The topological polar surface area (TPSA) is 56.7 Å². The van der Waals surface area contributed by atoms with Crippen LogP contribution in [-0.2, 0) is 0 Å². The van der Waals surface area contributed by atoms with E-state index in [9.17, 15) is 0 Å². The highest BCUT2D eigenvalue weighted by Crippen LogP contribution is 2.46. The molecule has 0 bridgehead atoms. The van der Waals surface area contributed by atoms with Crippen molar-refractivity contribution in [1.82, 2.24) is 19.5 Å². The molecule has 5 heteroatoms. The number of hydrogen-bond acceptors (Lipinski definition) is 4. The van der Waals surface area contributed by atoms with Crippen LogP contribution in [0.2, 0.25) is 0 Å². The van der Waals surface area contributed by atoms with Crippen molar-refractivity contribution in [2.24, 2.45) is 0 Å². The Hall–Kier alpha value is -8.15. The van der Waals surface area contributed by atoms with E-state index in [0.717, 1.165) is 71.9 Å². The molecule has 0 aliphatic carbocycles. The van der Waals surface area contributed by atoms with Crippen molar-refractivity contribution < 1.29 is 4.42 Å². The van der Waals surface area contributed by atoms with Crippen LogP contribution < -0.4 is 0 Å². The van der Waals surface area contributed by atoms with Crippen molar-refractivity contribution in [2.45, 2.75) is 0 Å². The third-order valence-corrected chi connectivity index (χ3v) is 11.7. The lowest BCUT2D eigenvalue weighted by Crippen LogP contribution is -2.00. The van der Waals surface area contributed by atoms with E-state index in [2.05, 4.69) is 144 Å². The lowest BCUT2D eigenvalue weighted by molar-refractivity contribution is 0.670. The van der Waals surface area contributed by atoms with Gasteiger partial charge >= 0.3 is 0 Å². The molecule has 0 unspecified atom stereocenters. The summed E-state index contributed by atoms with van der Waals surface area (Å²) in [5.41, 5.74) is 12.0.